The summed E-state index contributed by atoms with van der Waals surface area (Å²) in [7, 11) is 0. The summed E-state index contributed by atoms with van der Waals surface area (Å²) in [5, 5.41) is 3.69. The summed E-state index contributed by atoms with van der Waals surface area (Å²) in [4.78, 5) is 36.5. The van der Waals surface area contributed by atoms with Gasteiger partial charge in [-0.1, -0.05) is 40.8 Å². The SMILES string of the molecule is C=CCn1c(SCC(=O)Nc2ccc(F)c(Cl)c2)nc2nc(N(CC)CC)sc2c1=O. The van der Waals surface area contributed by atoms with Crippen LogP contribution >= 0.6 is 34.7 Å². The van der Waals surface area contributed by atoms with Gasteiger partial charge in [-0.25, -0.2) is 9.37 Å². The second-order valence-electron chi connectivity index (χ2n) is 6.39. The van der Waals surface area contributed by atoms with Crippen LogP contribution in [0.2, 0.25) is 5.02 Å². The lowest BCUT2D eigenvalue weighted by Crippen LogP contribution is -2.23. The molecule has 1 aromatic carbocycles. The number of anilines is 2. The van der Waals surface area contributed by atoms with Crippen LogP contribution in [0.15, 0.2) is 40.8 Å². The van der Waals surface area contributed by atoms with Crippen LogP contribution in [0.1, 0.15) is 13.8 Å². The lowest BCUT2D eigenvalue weighted by molar-refractivity contribution is -0.113. The van der Waals surface area contributed by atoms with E-state index in [9.17, 15) is 14.0 Å². The molecule has 0 unspecified atom stereocenters. The number of fused-ring (bicyclic) bond motifs is 1. The third-order valence-corrected chi connectivity index (χ3v) is 6.71. The Morgan fingerprint density at radius 1 is 1.39 bits per heavy atom. The average molecular weight is 482 g/mol. The van der Waals surface area contributed by atoms with Gasteiger partial charge in [0.1, 0.15) is 10.5 Å². The molecule has 0 radical (unpaired) electrons. The van der Waals surface area contributed by atoms with Gasteiger partial charge in [0.2, 0.25) is 5.91 Å². The Hall–Kier alpha value is -2.43. The van der Waals surface area contributed by atoms with Crippen LogP contribution < -0.4 is 15.8 Å². The zero-order chi connectivity index (χ0) is 22.5. The summed E-state index contributed by atoms with van der Waals surface area (Å²) in [6.07, 6.45) is 1.60. The Morgan fingerprint density at radius 3 is 2.77 bits per heavy atom. The van der Waals surface area contributed by atoms with Crippen molar-refractivity contribution in [1.82, 2.24) is 14.5 Å². The van der Waals surface area contributed by atoms with E-state index in [1.165, 1.54) is 34.1 Å². The minimum atomic E-state index is -0.563. The standard InChI is InChI=1S/C20H21ClFN5O2S2/c1-4-9-27-18(29)16-17(24-19(31-16)26(5-2)6-3)25-20(27)30-11-15(28)23-12-7-8-14(22)13(21)10-12/h4,7-8,10H,1,5-6,9,11H2,2-3H3,(H,23,28). The van der Waals surface area contributed by atoms with Crippen molar-refractivity contribution in [3.63, 3.8) is 0 Å². The first-order valence-corrected chi connectivity index (χ1v) is 11.7. The van der Waals surface area contributed by atoms with Gasteiger partial charge >= 0.3 is 0 Å². The predicted molar refractivity (Wildman–Crippen MR) is 126 cm³/mol. The molecular formula is C20H21ClFN5O2S2. The number of carbonyl (C=O) groups is 1. The van der Waals surface area contributed by atoms with Crippen LogP contribution in [-0.2, 0) is 11.3 Å². The van der Waals surface area contributed by atoms with E-state index >= 15 is 0 Å². The molecule has 0 bridgehead atoms. The number of rotatable bonds is 9. The van der Waals surface area contributed by atoms with Crippen molar-refractivity contribution in [2.75, 3.05) is 29.1 Å². The van der Waals surface area contributed by atoms with E-state index in [4.69, 9.17) is 11.6 Å². The summed E-state index contributed by atoms with van der Waals surface area (Å²) < 4.78 is 15.2. The largest absolute Gasteiger partial charge is 0.349 e. The Bertz CT molecular complexity index is 1180. The fraction of sp³-hybridized carbons (Fsp3) is 0.300. The first kappa shape index (κ1) is 23.2. The molecule has 7 nitrogen and oxygen atoms in total. The number of benzene rings is 1. The summed E-state index contributed by atoms with van der Waals surface area (Å²) in [6, 6.07) is 3.94. The third kappa shape index (κ3) is 5.25. The van der Waals surface area contributed by atoms with Crippen LogP contribution in [-0.4, -0.2) is 39.3 Å². The molecule has 0 aliphatic carbocycles. The predicted octanol–water partition coefficient (Wildman–Crippen LogP) is 4.41. The molecule has 1 N–H and O–H groups in total. The molecule has 0 fully saturated rings. The molecule has 11 heteroatoms. The number of amides is 1. The third-order valence-electron chi connectivity index (χ3n) is 4.35. The highest BCUT2D eigenvalue weighted by atomic mass is 35.5. The summed E-state index contributed by atoms with van der Waals surface area (Å²) in [5.74, 6) is -0.904. The second-order valence-corrected chi connectivity index (χ2v) is 8.71. The van der Waals surface area contributed by atoms with E-state index in [0.29, 0.717) is 21.2 Å². The van der Waals surface area contributed by atoms with E-state index < -0.39 is 5.82 Å². The van der Waals surface area contributed by atoms with Gasteiger partial charge in [-0.05, 0) is 32.0 Å². The normalized spacial score (nSPS) is 11.0. The number of nitrogens with one attached hydrogen (secondary N) is 1. The van der Waals surface area contributed by atoms with Gasteiger partial charge in [-0.15, -0.1) is 6.58 Å². The van der Waals surface area contributed by atoms with Crippen molar-refractivity contribution >= 4 is 61.8 Å². The van der Waals surface area contributed by atoms with Crippen molar-refractivity contribution in [3.05, 3.63) is 52.0 Å². The Morgan fingerprint density at radius 2 is 2.13 bits per heavy atom. The van der Waals surface area contributed by atoms with E-state index in [-0.39, 0.29) is 28.8 Å². The quantitative estimate of drug-likeness (QED) is 0.277. The molecule has 0 atom stereocenters. The second kappa shape index (κ2) is 10.3. The molecule has 3 rings (SSSR count). The summed E-state index contributed by atoms with van der Waals surface area (Å²) >= 11 is 8.17. The number of halogens is 2. The Labute approximate surface area is 191 Å². The first-order chi connectivity index (χ1) is 14.9. The first-order valence-electron chi connectivity index (χ1n) is 9.52. The Kier molecular flexibility index (Phi) is 7.69. The van der Waals surface area contributed by atoms with Gasteiger partial charge in [0.15, 0.2) is 15.9 Å². The lowest BCUT2D eigenvalue weighted by atomic mass is 10.3. The van der Waals surface area contributed by atoms with Crippen LogP contribution in [0, 0.1) is 5.82 Å². The van der Waals surface area contributed by atoms with Crippen molar-refractivity contribution in [1.29, 1.82) is 0 Å². The van der Waals surface area contributed by atoms with Crippen LogP contribution in [0.3, 0.4) is 0 Å². The number of thioether (sulfide) groups is 1. The maximum Gasteiger partial charge on any atom is 0.274 e. The number of allylic oxidation sites excluding steroid dienone is 1. The highest BCUT2D eigenvalue weighted by molar-refractivity contribution is 7.99. The number of carbonyl (C=O) groups excluding carboxylic acids is 1. The van der Waals surface area contributed by atoms with Crippen molar-refractivity contribution in [2.24, 2.45) is 0 Å². The lowest BCUT2D eigenvalue weighted by Gasteiger charge is -2.15. The number of hydrogen-bond acceptors (Lipinski definition) is 7. The van der Waals surface area contributed by atoms with Gasteiger partial charge in [0, 0.05) is 25.3 Å². The minimum Gasteiger partial charge on any atom is -0.349 e. The molecule has 164 valence electrons. The molecule has 0 spiro atoms. The zero-order valence-electron chi connectivity index (χ0n) is 17.0. The molecule has 1 amide bonds. The molecular weight excluding hydrogens is 461 g/mol. The van der Waals surface area contributed by atoms with Crippen LogP contribution in [0.4, 0.5) is 15.2 Å². The zero-order valence-corrected chi connectivity index (χ0v) is 19.4. The number of nitrogens with zero attached hydrogens (tertiary/aromatic N) is 4. The van der Waals surface area contributed by atoms with Crippen LogP contribution in [0.25, 0.3) is 10.3 Å². The highest BCUT2D eigenvalue weighted by Gasteiger charge is 2.18. The summed E-state index contributed by atoms with van der Waals surface area (Å²) in [6.45, 7) is 9.55. The van der Waals surface area contributed by atoms with E-state index in [1.807, 2.05) is 13.8 Å². The molecule has 3 aromatic rings. The van der Waals surface area contributed by atoms with Gasteiger partial charge < -0.3 is 10.2 Å². The monoisotopic (exact) mass is 481 g/mol. The molecule has 0 saturated heterocycles. The molecule has 0 aliphatic heterocycles. The van der Waals surface area contributed by atoms with Crippen molar-refractivity contribution in [2.45, 2.75) is 25.5 Å². The average Bonchev–Trinajstić information content (AvgIpc) is 3.16. The molecule has 0 aliphatic rings. The number of aromatic nitrogens is 3. The highest BCUT2D eigenvalue weighted by Crippen LogP contribution is 2.27. The van der Waals surface area contributed by atoms with Gasteiger partial charge in [-0.2, -0.15) is 4.98 Å². The number of hydrogen-bond donors (Lipinski definition) is 1. The Balaban J connectivity index is 1.85. The van der Waals surface area contributed by atoms with Crippen molar-refractivity contribution in [3.8, 4) is 0 Å². The number of thiazole rings is 1. The maximum absolute atomic E-state index is 13.3. The van der Waals surface area contributed by atoms with Gasteiger partial charge in [-0.3, -0.25) is 14.2 Å². The topological polar surface area (TPSA) is 80.1 Å². The molecule has 31 heavy (non-hydrogen) atoms. The molecule has 2 aromatic heterocycles. The van der Waals surface area contributed by atoms with Gasteiger partial charge in [0.25, 0.3) is 5.56 Å². The van der Waals surface area contributed by atoms with E-state index in [2.05, 4.69) is 26.8 Å². The smallest absolute Gasteiger partial charge is 0.274 e. The fourth-order valence-corrected chi connectivity index (χ4v) is 4.87. The van der Waals surface area contributed by atoms with Crippen LogP contribution in [0.5, 0.6) is 0 Å². The van der Waals surface area contributed by atoms with Gasteiger partial charge in [0.05, 0.1) is 10.8 Å². The maximum atomic E-state index is 13.3. The van der Waals surface area contributed by atoms with Crippen molar-refractivity contribution < 1.29 is 9.18 Å². The molecule has 2 heterocycles. The molecule has 0 saturated carbocycles. The fourth-order valence-electron chi connectivity index (χ4n) is 2.81. The van der Waals surface area contributed by atoms with E-state index in [0.717, 1.165) is 30.0 Å². The minimum absolute atomic E-state index is 0.00285. The summed E-state index contributed by atoms with van der Waals surface area (Å²) in [5.41, 5.74) is 0.534. The van der Waals surface area contributed by atoms with E-state index in [1.54, 1.807) is 6.08 Å².